The number of esters is 1. The van der Waals surface area contributed by atoms with Crippen LogP contribution in [0.4, 0.5) is 5.69 Å². The molecular formula is C27H23NO6. The lowest BCUT2D eigenvalue weighted by Crippen LogP contribution is -2.29. The summed E-state index contributed by atoms with van der Waals surface area (Å²) in [5.74, 6) is -2.41. The molecule has 1 aliphatic rings. The van der Waals surface area contributed by atoms with E-state index in [0.717, 1.165) is 0 Å². The highest BCUT2D eigenvalue weighted by atomic mass is 16.5. The summed E-state index contributed by atoms with van der Waals surface area (Å²) >= 11 is 0. The molecule has 7 nitrogen and oxygen atoms in total. The predicted octanol–water partition coefficient (Wildman–Crippen LogP) is 4.58. The smallest absolute Gasteiger partial charge is 0.338 e. The minimum absolute atomic E-state index is 0.0248. The van der Waals surface area contributed by atoms with Crippen LogP contribution in [0.3, 0.4) is 0 Å². The molecule has 1 amide bonds. The van der Waals surface area contributed by atoms with E-state index in [1.54, 1.807) is 68.4 Å². The van der Waals surface area contributed by atoms with E-state index in [-0.39, 0.29) is 23.2 Å². The third kappa shape index (κ3) is 4.28. The summed E-state index contributed by atoms with van der Waals surface area (Å²) in [4.78, 5) is 39.8. The number of carbonyl (C=O) groups excluding carboxylic acids is 3. The fourth-order valence-electron chi connectivity index (χ4n) is 3.86. The number of carbonyl (C=O) groups is 3. The molecule has 0 bridgehead atoms. The zero-order chi connectivity index (χ0) is 24.4. The number of amides is 1. The Labute approximate surface area is 196 Å². The molecule has 0 saturated carbocycles. The normalized spacial score (nSPS) is 17.3. The summed E-state index contributed by atoms with van der Waals surface area (Å²) in [6, 6.07) is 19.8. The maximum Gasteiger partial charge on any atom is 0.338 e. The zero-order valence-electron chi connectivity index (χ0n) is 18.6. The summed E-state index contributed by atoms with van der Waals surface area (Å²) in [5, 5.41) is 20.8. The van der Waals surface area contributed by atoms with Gasteiger partial charge in [0.25, 0.3) is 11.7 Å². The Hall–Kier alpha value is -4.39. The van der Waals surface area contributed by atoms with E-state index in [2.05, 4.69) is 0 Å². The second-order valence-electron chi connectivity index (χ2n) is 8.13. The van der Waals surface area contributed by atoms with Crippen molar-refractivity contribution < 1.29 is 29.3 Å². The Balaban J connectivity index is 1.83. The lowest BCUT2D eigenvalue weighted by Gasteiger charge is -2.25. The van der Waals surface area contributed by atoms with Gasteiger partial charge in [-0.25, -0.2) is 4.79 Å². The van der Waals surface area contributed by atoms with Crippen molar-refractivity contribution >= 4 is 29.1 Å². The number of rotatable bonds is 5. The maximum atomic E-state index is 13.2. The number of benzene rings is 3. The number of aliphatic hydroxyl groups excluding tert-OH is 1. The van der Waals surface area contributed by atoms with Gasteiger partial charge in [0.2, 0.25) is 0 Å². The van der Waals surface area contributed by atoms with E-state index >= 15 is 0 Å². The van der Waals surface area contributed by atoms with E-state index < -0.39 is 23.7 Å². The number of hydrogen-bond donors (Lipinski definition) is 2. The lowest BCUT2D eigenvalue weighted by atomic mass is 9.95. The van der Waals surface area contributed by atoms with Crippen LogP contribution in [0, 0.1) is 0 Å². The van der Waals surface area contributed by atoms with E-state index in [1.807, 2.05) is 0 Å². The van der Waals surface area contributed by atoms with Crippen LogP contribution in [0.25, 0.3) is 5.76 Å². The van der Waals surface area contributed by atoms with Crippen LogP contribution >= 0.6 is 0 Å². The molecule has 0 aromatic heterocycles. The molecule has 1 atom stereocenters. The quantitative estimate of drug-likeness (QED) is 0.251. The van der Waals surface area contributed by atoms with Gasteiger partial charge >= 0.3 is 5.97 Å². The standard InChI is InChI=1S/C27H23NO6/c1-16(2)34-27(33)19-8-12-20(13-9-19)28-23(17-10-14-21(29)15-11-17)22(25(31)26(28)32)24(30)18-6-4-3-5-7-18/h3-16,23,29-30H,1-2H3/b24-22+. The first-order valence-electron chi connectivity index (χ1n) is 10.7. The number of ether oxygens (including phenoxy) is 1. The average Bonchev–Trinajstić information content (AvgIpc) is 3.09. The number of phenols is 1. The molecular weight excluding hydrogens is 434 g/mol. The summed E-state index contributed by atoms with van der Waals surface area (Å²) < 4.78 is 5.20. The van der Waals surface area contributed by atoms with Crippen LogP contribution in [0.15, 0.2) is 84.4 Å². The highest BCUT2D eigenvalue weighted by Gasteiger charge is 2.47. The SMILES string of the molecule is CC(C)OC(=O)c1ccc(N2C(=O)C(=O)/C(=C(/O)c3ccccc3)C2c2ccc(O)cc2)cc1. The Morgan fingerprint density at radius 2 is 1.50 bits per heavy atom. The van der Waals surface area contributed by atoms with Gasteiger partial charge in [-0.2, -0.15) is 0 Å². The van der Waals surface area contributed by atoms with Crippen molar-refractivity contribution in [3.8, 4) is 5.75 Å². The summed E-state index contributed by atoms with van der Waals surface area (Å²) in [6.45, 7) is 3.49. The van der Waals surface area contributed by atoms with Crippen molar-refractivity contribution in [3.05, 3.63) is 101 Å². The van der Waals surface area contributed by atoms with Gasteiger partial charge in [-0.1, -0.05) is 42.5 Å². The second-order valence-corrected chi connectivity index (χ2v) is 8.13. The fourth-order valence-corrected chi connectivity index (χ4v) is 3.86. The molecule has 1 fully saturated rings. The van der Waals surface area contributed by atoms with E-state index in [9.17, 15) is 24.6 Å². The Kier molecular flexibility index (Phi) is 6.19. The van der Waals surface area contributed by atoms with Gasteiger partial charge in [-0.15, -0.1) is 0 Å². The van der Waals surface area contributed by atoms with Crippen LogP contribution in [-0.2, 0) is 14.3 Å². The average molecular weight is 457 g/mol. The lowest BCUT2D eigenvalue weighted by molar-refractivity contribution is -0.132. The first-order valence-corrected chi connectivity index (χ1v) is 10.7. The molecule has 0 radical (unpaired) electrons. The summed E-state index contributed by atoms with van der Waals surface area (Å²) in [7, 11) is 0. The Bertz CT molecular complexity index is 1260. The molecule has 3 aromatic rings. The highest BCUT2D eigenvalue weighted by molar-refractivity contribution is 6.51. The minimum Gasteiger partial charge on any atom is -0.508 e. The first kappa shape index (κ1) is 22.8. The molecule has 0 aliphatic carbocycles. The number of phenolic OH excluding ortho intramolecular Hbond substituents is 1. The molecule has 4 rings (SSSR count). The van der Waals surface area contributed by atoms with Crippen LogP contribution in [0.2, 0.25) is 0 Å². The Morgan fingerprint density at radius 3 is 2.09 bits per heavy atom. The number of aromatic hydroxyl groups is 1. The number of aliphatic hydroxyl groups is 1. The molecule has 1 saturated heterocycles. The third-order valence-electron chi connectivity index (χ3n) is 5.42. The number of anilines is 1. The van der Waals surface area contributed by atoms with Crippen molar-refractivity contribution in [2.75, 3.05) is 4.90 Å². The van der Waals surface area contributed by atoms with Crippen LogP contribution in [0.5, 0.6) is 5.75 Å². The Morgan fingerprint density at radius 1 is 0.882 bits per heavy atom. The maximum absolute atomic E-state index is 13.2. The first-order chi connectivity index (χ1) is 16.3. The number of nitrogens with zero attached hydrogens (tertiary/aromatic N) is 1. The van der Waals surface area contributed by atoms with Gasteiger partial charge in [0, 0.05) is 11.3 Å². The van der Waals surface area contributed by atoms with Gasteiger partial charge in [0.15, 0.2) is 0 Å². The number of ketones is 1. The fraction of sp³-hybridized carbons (Fsp3) is 0.148. The number of Topliss-reactive ketones (excluding diaryl/α,β-unsaturated/α-hetero) is 1. The van der Waals surface area contributed by atoms with Gasteiger partial charge in [-0.05, 0) is 55.8 Å². The van der Waals surface area contributed by atoms with Crippen molar-refractivity contribution in [1.29, 1.82) is 0 Å². The third-order valence-corrected chi connectivity index (χ3v) is 5.42. The van der Waals surface area contributed by atoms with Crippen molar-refractivity contribution in [1.82, 2.24) is 0 Å². The summed E-state index contributed by atoms with van der Waals surface area (Å²) in [6.07, 6.45) is -0.280. The van der Waals surface area contributed by atoms with Gasteiger partial charge in [-0.3, -0.25) is 14.5 Å². The largest absolute Gasteiger partial charge is 0.508 e. The van der Waals surface area contributed by atoms with Crippen LogP contribution in [-0.4, -0.2) is 34.0 Å². The van der Waals surface area contributed by atoms with Crippen LogP contribution in [0.1, 0.15) is 41.4 Å². The topological polar surface area (TPSA) is 104 Å². The van der Waals surface area contributed by atoms with Crippen molar-refractivity contribution in [2.24, 2.45) is 0 Å². The van der Waals surface area contributed by atoms with E-state index in [0.29, 0.717) is 22.4 Å². The molecule has 34 heavy (non-hydrogen) atoms. The minimum atomic E-state index is -0.936. The second kappa shape index (κ2) is 9.23. The van der Waals surface area contributed by atoms with Crippen molar-refractivity contribution in [2.45, 2.75) is 26.0 Å². The molecule has 3 aromatic carbocycles. The monoisotopic (exact) mass is 457 g/mol. The van der Waals surface area contributed by atoms with Crippen LogP contribution < -0.4 is 4.90 Å². The van der Waals surface area contributed by atoms with Crippen molar-refractivity contribution in [3.63, 3.8) is 0 Å². The zero-order valence-corrected chi connectivity index (χ0v) is 18.6. The molecule has 1 unspecified atom stereocenters. The van der Waals surface area contributed by atoms with E-state index in [1.165, 1.54) is 29.2 Å². The molecule has 0 spiro atoms. The predicted molar refractivity (Wildman–Crippen MR) is 126 cm³/mol. The molecule has 2 N–H and O–H groups in total. The highest BCUT2D eigenvalue weighted by Crippen LogP contribution is 2.42. The molecule has 1 heterocycles. The molecule has 7 heteroatoms. The molecule has 1 aliphatic heterocycles. The molecule has 172 valence electrons. The number of hydrogen-bond acceptors (Lipinski definition) is 6. The van der Waals surface area contributed by atoms with E-state index in [4.69, 9.17) is 4.74 Å². The summed E-state index contributed by atoms with van der Waals surface area (Å²) in [5.41, 5.74) is 1.53. The van der Waals surface area contributed by atoms with Gasteiger partial charge in [0.05, 0.1) is 23.3 Å². The van der Waals surface area contributed by atoms with Gasteiger partial charge in [0.1, 0.15) is 11.5 Å². The van der Waals surface area contributed by atoms with Gasteiger partial charge < -0.3 is 14.9 Å².